The number of aliphatic imine (C=N–C) groups is 1. The van der Waals surface area contributed by atoms with E-state index in [2.05, 4.69) is 10.1 Å². The van der Waals surface area contributed by atoms with E-state index in [-0.39, 0.29) is 11.4 Å². The summed E-state index contributed by atoms with van der Waals surface area (Å²) in [5, 5.41) is 16.1. The molecule has 0 saturated carbocycles. The molecule has 0 spiro atoms. The molecule has 174 valence electrons. The van der Waals surface area contributed by atoms with Crippen LogP contribution < -0.4 is 9.47 Å². The first-order valence-electron chi connectivity index (χ1n) is 10.7. The van der Waals surface area contributed by atoms with E-state index >= 15 is 0 Å². The van der Waals surface area contributed by atoms with E-state index in [1.807, 2.05) is 54.6 Å². The summed E-state index contributed by atoms with van der Waals surface area (Å²) in [6.45, 7) is 0.696. The lowest BCUT2D eigenvalue weighted by Crippen LogP contribution is -2.35. The number of nitrogens with zero attached hydrogens (tertiary/aromatic N) is 3. The van der Waals surface area contributed by atoms with Crippen molar-refractivity contribution >= 4 is 51.4 Å². The summed E-state index contributed by atoms with van der Waals surface area (Å²) in [5.41, 5.74) is 1.83. The molecule has 2 aliphatic heterocycles. The number of amides is 1. The maximum Gasteiger partial charge on any atom is 0.283 e. The van der Waals surface area contributed by atoms with Gasteiger partial charge in [0.2, 0.25) is 5.17 Å². The fourth-order valence-corrected chi connectivity index (χ4v) is 4.48. The Morgan fingerprint density at radius 3 is 2.43 bits per heavy atom. The molecule has 0 aromatic heterocycles. The van der Waals surface area contributed by atoms with Crippen LogP contribution in [0.2, 0.25) is 5.02 Å². The number of hydrazone groups is 1. The first kappa shape index (κ1) is 22.9. The summed E-state index contributed by atoms with van der Waals surface area (Å²) in [4.78, 5) is 16.8. The van der Waals surface area contributed by atoms with E-state index in [1.54, 1.807) is 30.3 Å². The Hall–Kier alpha value is -3.88. The number of rotatable bonds is 7. The molecule has 2 aliphatic rings. The number of halogens is 1. The van der Waals surface area contributed by atoms with Crippen LogP contribution in [0.25, 0.3) is 6.08 Å². The molecule has 5 rings (SSSR count). The zero-order chi connectivity index (χ0) is 24.2. The predicted molar refractivity (Wildman–Crippen MR) is 139 cm³/mol. The molecule has 0 aliphatic carbocycles. The largest absolute Gasteiger partial charge is 0.490 e. The number of para-hydroxylation sites is 1. The number of thioether (sulfide) groups is 1. The molecule has 0 radical (unpaired) electrons. The number of fused-ring (bicyclic) bond motifs is 1. The first-order chi connectivity index (χ1) is 17.1. The van der Waals surface area contributed by atoms with Crippen molar-refractivity contribution in [2.24, 2.45) is 10.1 Å². The molecular weight excluding hydrogens is 484 g/mol. The second-order valence-electron chi connectivity index (χ2n) is 7.49. The molecule has 35 heavy (non-hydrogen) atoms. The third kappa shape index (κ3) is 5.13. The van der Waals surface area contributed by atoms with E-state index in [0.29, 0.717) is 39.9 Å². The van der Waals surface area contributed by atoms with Gasteiger partial charge in [-0.2, -0.15) is 15.1 Å². The summed E-state index contributed by atoms with van der Waals surface area (Å²) < 4.78 is 11.3. The molecule has 1 N–H and O–H groups in total. The Morgan fingerprint density at radius 1 is 0.943 bits per heavy atom. The molecule has 7 nitrogen and oxygen atoms in total. The fraction of sp³-hybridized carbons (Fsp3) is 0.0769. The second kappa shape index (κ2) is 10.2. The maximum absolute atomic E-state index is 12.6. The molecule has 9 heteroatoms. The molecule has 1 amide bonds. The van der Waals surface area contributed by atoms with Crippen LogP contribution in [0.4, 0.5) is 0 Å². The average Bonchev–Trinajstić information content (AvgIpc) is 3.31. The van der Waals surface area contributed by atoms with Gasteiger partial charge in [-0.25, -0.2) is 0 Å². The van der Waals surface area contributed by atoms with Gasteiger partial charge in [0, 0.05) is 5.56 Å². The van der Waals surface area contributed by atoms with E-state index in [0.717, 1.165) is 11.1 Å². The van der Waals surface area contributed by atoms with Crippen LogP contribution in [0.3, 0.4) is 0 Å². The van der Waals surface area contributed by atoms with E-state index in [1.165, 1.54) is 16.8 Å². The first-order valence-corrected chi connectivity index (χ1v) is 11.9. The summed E-state index contributed by atoms with van der Waals surface area (Å²) in [5.74, 6) is 0.806. The zero-order valence-corrected chi connectivity index (χ0v) is 19.9. The van der Waals surface area contributed by atoms with Crippen molar-refractivity contribution in [3.8, 4) is 11.5 Å². The SMILES string of the molecule is N=C1C(=Cc2ccc(OCCOc3ccccc3Cl)cc2)C(=O)N=C2SC(c3ccccc3)=NN12. The van der Waals surface area contributed by atoms with Gasteiger partial charge in [0.25, 0.3) is 5.91 Å². The number of hydrogen-bond donors (Lipinski definition) is 1. The minimum Gasteiger partial charge on any atom is -0.490 e. The molecule has 3 aromatic carbocycles. The van der Waals surface area contributed by atoms with Crippen molar-refractivity contribution in [2.75, 3.05) is 13.2 Å². The van der Waals surface area contributed by atoms with Crippen molar-refractivity contribution < 1.29 is 14.3 Å². The molecule has 0 saturated heterocycles. The Bertz CT molecular complexity index is 1370. The predicted octanol–water partition coefficient (Wildman–Crippen LogP) is 5.47. The van der Waals surface area contributed by atoms with Crippen molar-refractivity contribution in [3.05, 3.63) is 101 Å². The van der Waals surface area contributed by atoms with E-state index in [4.69, 9.17) is 26.5 Å². The van der Waals surface area contributed by atoms with Gasteiger partial charge in [-0.1, -0.05) is 66.2 Å². The van der Waals surface area contributed by atoms with Gasteiger partial charge in [-0.05, 0) is 47.7 Å². The number of carbonyl (C=O) groups excluding carboxylic acids is 1. The highest BCUT2D eigenvalue weighted by Gasteiger charge is 2.35. The van der Waals surface area contributed by atoms with Crippen LogP contribution in [0.5, 0.6) is 11.5 Å². The monoisotopic (exact) mass is 502 g/mol. The lowest BCUT2D eigenvalue weighted by molar-refractivity contribution is -0.114. The topological polar surface area (TPSA) is 87.3 Å². The standard InChI is InChI=1S/C26H19ClN4O3S/c27-21-8-4-5-9-22(21)34-15-14-33-19-12-10-17(11-13-19)16-20-23(28)31-26(29-24(20)32)35-25(30-31)18-6-2-1-3-7-18/h1-13,16,28H,14-15H2. The van der Waals surface area contributed by atoms with Gasteiger partial charge in [0.05, 0.1) is 10.6 Å². The maximum atomic E-state index is 12.6. The molecule has 0 fully saturated rings. The summed E-state index contributed by atoms with van der Waals surface area (Å²) in [7, 11) is 0. The number of amidine groups is 2. The molecular formula is C26H19ClN4O3S. The third-order valence-corrected chi connectivity index (χ3v) is 6.38. The van der Waals surface area contributed by atoms with Gasteiger partial charge in [0.1, 0.15) is 29.8 Å². The minimum absolute atomic E-state index is 0.00419. The smallest absolute Gasteiger partial charge is 0.283 e. The molecule has 0 atom stereocenters. The highest BCUT2D eigenvalue weighted by atomic mass is 35.5. The number of hydrogen-bond acceptors (Lipinski definition) is 6. The Labute approximate surface area is 211 Å². The second-order valence-corrected chi connectivity index (χ2v) is 8.85. The number of ether oxygens (including phenoxy) is 2. The van der Waals surface area contributed by atoms with Crippen LogP contribution in [0, 0.1) is 5.41 Å². The Morgan fingerprint density at radius 2 is 1.66 bits per heavy atom. The number of nitrogens with one attached hydrogen (secondary N) is 1. The summed E-state index contributed by atoms with van der Waals surface area (Å²) in [6.07, 6.45) is 1.63. The van der Waals surface area contributed by atoms with Crippen molar-refractivity contribution in [2.45, 2.75) is 0 Å². The molecule has 0 unspecified atom stereocenters. The van der Waals surface area contributed by atoms with E-state index < -0.39 is 5.91 Å². The van der Waals surface area contributed by atoms with Crippen LogP contribution in [-0.2, 0) is 4.79 Å². The van der Waals surface area contributed by atoms with Crippen LogP contribution >= 0.6 is 23.4 Å². The fourth-order valence-electron chi connectivity index (χ4n) is 3.39. The van der Waals surface area contributed by atoms with Crippen LogP contribution in [-0.4, -0.2) is 40.2 Å². The minimum atomic E-state index is -0.463. The average molecular weight is 503 g/mol. The summed E-state index contributed by atoms with van der Waals surface area (Å²) >= 11 is 7.35. The quantitative estimate of drug-likeness (QED) is 0.342. The molecule has 2 heterocycles. The normalized spacial score (nSPS) is 16.1. The Kier molecular flexibility index (Phi) is 6.65. The van der Waals surface area contributed by atoms with Gasteiger partial charge in [0.15, 0.2) is 5.84 Å². The lowest BCUT2D eigenvalue weighted by atomic mass is 10.1. The highest BCUT2D eigenvalue weighted by molar-refractivity contribution is 8.27. The van der Waals surface area contributed by atoms with Crippen molar-refractivity contribution in [1.82, 2.24) is 5.01 Å². The Balaban J connectivity index is 1.23. The van der Waals surface area contributed by atoms with Gasteiger partial charge in [-0.15, -0.1) is 0 Å². The van der Waals surface area contributed by atoms with Gasteiger partial charge in [-0.3, -0.25) is 10.2 Å². The number of carbonyl (C=O) groups is 1. The van der Waals surface area contributed by atoms with Crippen LogP contribution in [0.1, 0.15) is 11.1 Å². The highest BCUT2D eigenvalue weighted by Crippen LogP contribution is 2.31. The third-order valence-electron chi connectivity index (χ3n) is 5.11. The molecule has 3 aromatic rings. The van der Waals surface area contributed by atoms with Crippen molar-refractivity contribution in [1.29, 1.82) is 5.41 Å². The van der Waals surface area contributed by atoms with E-state index in [9.17, 15) is 4.79 Å². The lowest BCUT2D eigenvalue weighted by Gasteiger charge is -2.20. The van der Waals surface area contributed by atoms with Crippen molar-refractivity contribution in [3.63, 3.8) is 0 Å². The van der Waals surface area contributed by atoms with Gasteiger partial charge >= 0.3 is 0 Å². The molecule has 0 bridgehead atoms. The van der Waals surface area contributed by atoms with Gasteiger partial charge < -0.3 is 9.47 Å². The summed E-state index contributed by atoms with van der Waals surface area (Å²) in [6, 6.07) is 24.1. The van der Waals surface area contributed by atoms with Crippen LogP contribution in [0.15, 0.2) is 94.5 Å². The zero-order valence-electron chi connectivity index (χ0n) is 18.3. The number of benzene rings is 3.